The molecule has 0 saturated carbocycles. The molecule has 0 radical (unpaired) electrons. The molecule has 98 valence electrons. The number of halogens is 2. The Kier molecular flexibility index (Phi) is 4.20. The second-order valence-corrected chi connectivity index (χ2v) is 6.07. The highest BCUT2D eigenvalue weighted by atomic mass is 35.5. The number of carbonyl (C=O) groups excluding carboxylic acids is 1. The molecule has 1 rings (SSSR count). The SMILES string of the molecule is NC(=O)CS(=O)(=O)c1cc(Cl)cc(C(=O)O)c1Cl. The second-order valence-electron chi connectivity index (χ2n) is 3.30. The van der Waals surface area contributed by atoms with Crippen molar-refractivity contribution in [1.29, 1.82) is 0 Å². The molecule has 3 N–H and O–H groups in total. The summed E-state index contributed by atoms with van der Waals surface area (Å²) in [5, 5.41) is 8.20. The van der Waals surface area contributed by atoms with E-state index in [1.54, 1.807) is 0 Å². The lowest BCUT2D eigenvalue weighted by Crippen LogP contribution is -2.23. The number of carbonyl (C=O) groups is 2. The van der Waals surface area contributed by atoms with Crippen LogP contribution in [0, 0.1) is 0 Å². The smallest absolute Gasteiger partial charge is 0.337 e. The number of hydrogen-bond acceptors (Lipinski definition) is 4. The van der Waals surface area contributed by atoms with Crippen LogP contribution in [0.4, 0.5) is 0 Å². The van der Waals surface area contributed by atoms with Crippen LogP contribution < -0.4 is 5.73 Å². The zero-order valence-electron chi connectivity index (χ0n) is 8.68. The zero-order valence-corrected chi connectivity index (χ0v) is 11.0. The van der Waals surface area contributed by atoms with Gasteiger partial charge in [0.05, 0.1) is 15.5 Å². The van der Waals surface area contributed by atoms with E-state index >= 15 is 0 Å². The second kappa shape index (κ2) is 5.13. The van der Waals surface area contributed by atoms with E-state index in [4.69, 9.17) is 34.0 Å². The van der Waals surface area contributed by atoms with E-state index in [0.717, 1.165) is 12.1 Å². The van der Waals surface area contributed by atoms with Gasteiger partial charge in [-0.25, -0.2) is 13.2 Å². The molecule has 0 spiro atoms. The molecule has 0 aliphatic carbocycles. The van der Waals surface area contributed by atoms with Crippen molar-refractivity contribution in [2.24, 2.45) is 5.73 Å². The largest absolute Gasteiger partial charge is 0.478 e. The molecule has 0 atom stereocenters. The summed E-state index contributed by atoms with van der Waals surface area (Å²) in [4.78, 5) is 21.0. The molecule has 0 fully saturated rings. The summed E-state index contributed by atoms with van der Waals surface area (Å²) in [7, 11) is -4.12. The standard InChI is InChI=1S/C9H7Cl2NO5S/c10-4-1-5(9(14)15)8(11)6(2-4)18(16,17)3-7(12)13/h1-2H,3H2,(H2,12,13)(H,14,15). The molecule has 0 unspecified atom stereocenters. The monoisotopic (exact) mass is 311 g/mol. The first kappa shape index (κ1) is 14.7. The topological polar surface area (TPSA) is 115 Å². The predicted octanol–water partition coefficient (Wildman–Crippen LogP) is 0.951. The molecule has 0 aliphatic rings. The van der Waals surface area contributed by atoms with Crippen LogP contribution in [0.15, 0.2) is 17.0 Å². The van der Waals surface area contributed by atoms with Crippen LogP contribution in [0.2, 0.25) is 10.0 Å². The number of carboxylic acid groups (broad SMARTS) is 1. The average molecular weight is 312 g/mol. The number of primary amides is 1. The molecular weight excluding hydrogens is 305 g/mol. The van der Waals surface area contributed by atoms with Crippen LogP contribution in [0.25, 0.3) is 0 Å². The first-order chi connectivity index (χ1) is 8.15. The van der Waals surface area contributed by atoms with Gasteiger partial charge in [-0.3, -0.25) is 4.79 Å². The molecule has 1 aromatic carbocycles. The number of sulfone groups is 1. The van der Waals surface area contributed by atoms with Crippen LogP contribution in [0.3, 0.4) is 0 Å². The number of nitrogens with two attached hydrogens (primary N) is 1. The van der Waals surface area contributed by atoms with Crippen LogP contribution >= 0.6 is 23.2 Å². The van der Waals surface area contributed by atoms with Crippen molar-refractivity contribution in [2.75, 3.05) is 5.75 Å². The van der Waals surface area contributed by atoms with Gasteiger partial charge in [-0.1, -0.05) is 23.2 Å². The van der Waals surface area contributed by atoms with Crippen molar-refractivity contribution in [3.05, 3.63) is 27.7 Å². The van der Waals surface area contributed by atoms with Gasteiger partial charge >= 0.3 is 5.97 Å². The first-order valence-corrected chi connectivity index (χ1v) is 6.79. The zero-order chi connectivity index (χ0) is 14.1. The fourth-order valence-corrected chi connectivity index (χ4v) is 3.26. The van der Waals surface area contributed by atoms with Gasteiger partial charge in [0.15, 0.2) is 9.84 Å². The lowest BCUT2D eigenvalue weighted by Gasteiger charge is -2.08. The highest BCUT2D eigenvalue weighted by Gasteiger charge is 2.25. The summed E-state index contributed by atoms with van der Waals surface area (Å²) in [6.07, 6.45) is 0. The third-order valence-corrected chi connectivity index (χ3v) is 4.30. The van der Waals surface area contributed by atoms with Gasteiger partial charge in [0.1, 0.15) is 5.75 Å². The number of carboxylic acids is 1. The fraction of sp³-hybridized carbons (Fsp3) is 0.111. The normalized spacial score (nSPS) is 11.2. The lowest BCUT2D eigenvalue weighted by molar-refractivity contribution is -0.115. The van der Waals surface area contributed by atoms with Crippen molar-refractivity contribution in [3.8, 4) is 0 Å². The third kappa shape index (κ3) is 3.12. The molecule has 0 aromatic heterocycles. The van der Waals surface area contributed by atoms with Gasteiger partial charge < -0.3 is 10.8 Å². The maximum Gasteiger partial charge on any atom is 0.337 e. The van der Waals surface area contributed by atoms with Crippen LogP contribution in [-0.4, -0.2) is 31.2 Å². The Balaban J connectivity index is 3.51. The number of rotatable bonds is 4. The minimum Gasteiger partial charge on any atom is -0.478 e. The summed E-state index contributed by atoms with van der Waals surface area (Å²) in [6.45, 7) is 0. The molecule has 18 heavy (non-hydrogen) atoms. The highest BCUT2D eigenvalue weighted by molar-refractivity contribution is 7.92. The third-order valence-electron chi connectivity index (χ3n) is 1.90. The van der Waals surface area contributed by atoms with Crippen molar-refractivity contribution in [1.82, 2.24) is 0 Å². The van der Waals surface area contributed by atoms with E-state index in [1.807, 2.05) is 0 Å². The van der Waals surface area contributed by atoms with Gasteiger partial charge in [0, 0.05) is 5.02 Å². The van der Waals surface area contributed by atoms with Crippen LogP contribution in [0.1, 0.15) is 10.4 Å². The molecule has 0 saturated heterocycles. The quantitative estimate of drug-likeness (QED) is 0.859. The van der Waals surface area contributed by atoms with E-state index in [0.29, 0.717) is 0 Å². The molecule has 0 aliphatic heterocycles. The molecule has 1 aromatic rings. The number of amides is 1. The van der Waals surface area contributed by atoms with E-state index in [1.165, 1.54) is 0 Å². The number of aromatic carboxylic acids is 1. The van der Waals surface area contributed by atoms with E-state index < -0.39 is 42.9 Å². The Morgan fingerprint density at radius 2 is 1.83 bits per heavy atom. The van der Waals surface area contributed by atoms with Crippen molar-refractivity contribution in [3.63, 3.8) is 0 Å². The van der Waals surface area contributed by atoms with Crippen molar-refractivity contribution < 1.29 is 23.1 Å². The van der Waals surface area contributed by atoms with Gasteiger partial charge in [0.25, 0.3) is 0 Å². The minimum absolute atomic E-state index is 0.125. The van der Waals surface area contributed by atoms with Gasteiger partial charge in [0.2, 0.25) is 5.91 Å². The van der Waals surface area contributed by atoms with E-state index in [-0.39, 0.29) is 5.02 Å². The van der Waals surface area contributed by atoms with Gasteiger partial charge in [-0.05, 0) is 12.1 Å². The predicted molar refractivity (Wildman–Crippen MR) is 64.7 cm³/mol. The summed E-state index contributed by atoms with van der Waals surface area (Å²) >= 11 is 11.3. The maximum atomic E-state index is 11.8. The lowest BCUT2D eigenvalue weighted by atomic mass is 10.2. The Hall–Kier alpha value is -1.31. The maximum absolute atomic E-state index is 11.8. The summed E-state index contributed by atoms with van der Waals surface area (Å²) < 4.78 is 23.5. The Morgan fingerprint density at radius 1 is 1.28 bits per heavy atom. The Labute approximate surface area is 112 Å². The summed E-state index contributed by atoms with van der Waals surface area (Å²) in [6, 6.07) is 1.98. The average Bonchev–Trinajstić information content (AvgIpc) is 2.18. The molecule has 1 amide bonds. The van der Waals surface area contributed by atoms with E-state index in [9.17, 15) is 18.0 Å². The number of benzene rings is 1. The molecular formula is C9H7Cl2NO5S. The van der Waals surface area contributed by atoms with Gasteiger partial charge in [-0.15, -0.1) is 0 Å². The number of hydrogen-bond donors (Lipinski definition) is 2. The van der Waals surface area contributed by atoms with Crippen LogP contribution in [0.5, 0.6) is 0 Å². The first-order valence-electron chi connectivity index (χ1n) is 4.38. The summed E-state index contributed by atoms with van der Waals surface area (Å²) in [5.41, 5.74) is 4.33. The summed E-state index contributed by atoms with van der Waals surface area (Å²) in [5.74, 6) is -3.49. The van der Waals surface area contributed by atoms with Gasteiger partial charge in [-0.2, -0.15) is 0 Å². The Morgan fingerprint density at radius 3 is 2.28 bits per heavy atom. The highest BCUT2D eigenvalue weighted by Crippen LogP contribution is 2.30. The molecule has 0 bridgehead atoms. The fourth-order valence-electron chi connectivity index (χ4n) is 1.21. The van der Waals surface area contributed by atoms with Crippen LogP contribution in [-0.2, 0) is 14.6 Å². The van der Waals surface area contributed by atoms with E-state index in [2.05, 4.69) is 0 Å². The molecule has 0 heterocycles. The Bertz CT molecular complexity index is 626. The van der Waals surface area contributed by atoms with Crippen molar-refractivity contribution in [2.45, 2.75) is 4.90 Å². The molecule has 6 nitrogen and oxygen atoms in total. The van der Waals surface area contributed by atoms with Crippen molar-refractivity contribution >= 4 is 44.9 Å². The molecule has 9 heteroatoms. The minimum atomic E-state index is -4.12.